The van der Waals surface area contributed by atoms with Gasteiger partial charge in [0.1, 0.15) is 34.9 Å². The Balaban J connectivity index is 1.47. The zero-order chi connectivity index (χ0) is 35.3. The second-order valence-electron chi connectivity index (χ2n) is 11.3. The number of imidazole rings is 1. The molecule has 2 atom stereocenters. The van der Waals surface area contributed by atoms with Gasteiger partial charge in [0.15, 0.2) is 0 Å². The van der Waals surface area contributed by atoms with Crippen LogP contribution in [0.3, 0.4) is 0 Å². The molecule has 0 spiro atoms. The third kappa shape index (κ3) is 6.32. The van der Waals surface area contributed by atoms with E-state index in [2.05, 4.69) is 4.98 Å². The number of rotatable bonds is 9. The van der Waals surface area contributed by atoms with Crippen LogP contribution in [-0.4, -0.2) is 49.2 Å². The van der Waals surface area contributed by atoms with Crippen molar-refractivity contribution in [3.8, 4) is 11.1 Å². The number of hydrogen-bond acceptors (Lipinski definition) is 5. The van der Waals surface area contributed by atoms with Crippen molar-refractivity contribution in [3.63, 3.8) is 0 Å². The summed E-state index contributed by atoms with van der Waals surface area (Å²) in [6.45, 7) is 1.20. The molecule has 1 aliphatic carbocycles. The number of carboxylic acids is 1. The molecule has 0 radical (unpaired) electrons. The Bertz CT molecular complexity index is 1960. The fourth-order valence-corrected chi connectivity index (χ4v) is 6.04. The van der Waals surface area contributed by atoms with Crippen LogP contribution in [0.2, 0.25) is 0 Å². The molecule has 1 aliphatic rings. The van der Waals surface area contributed by atoms with Crippen molar-refractivity contribution < 1.29 is 49.8 Å². The minimum atomic E-state index is -4.88. The van der Waals surface area contributed by atoms with Crippen LogP contribution in [0.1, 0.15) is 52.6 Å². The van der Waals surface area contributed by atoms with Crippen LogP contribution in [0.4, 0.5) is 40.8 Å². The lowest BCUT2D eigenvalue weighted by molar-refractivity contribution is -0.143. The SMILES string of the molecule is CCC(Nc1cc(F)c(C(=O)NC(Cc2ccc(-c3c(C(F)(F)F)c4c(n(C)c3=O)CCC4)c3nccn23)C(=O)O)c(F)c1)C(F)(F)F. The van der Waals surface area contributed by atoms with Crippen LogP contribution in [-0.2, 0) is 37.3 Å². The van der Waals surface area contributed by atoms with E-state index >= 15 is 0 Å². The molecule has 48 heavy (non-hydrogen) atoms. The molecule has 0 fully saturated rings. The van der Waals surface area contributed by atoms with Crippen LogP contribution >= 0.6 is 0 Å². The number of anilines is 1. The maximum absolute atomic E-state index is 14.8. The average molecular weight is 686 g/mol. The average Bonchev–Trinajstić information content (AvgIpc) is 3.67. The second kappa shape index (κ2) is 12.6. The van der Waals surface area contributed by atoms with Crippen LogP contribution in [0, 0.1) is 11.6 Å². The maximum atomic E-state index is 14.8. The van der Waals surface area contributed by atoms with Crippen LogP contribution in [0.15, 0.2) is 41.5 Å². The summed E-state index contributed by atoms with van der Waals surface area (Å²) in [7, 11) is 1.38. The fourth-order valence-electron chi connectivity index (χ4n) is 6.04. The highest BCUT2D eigenvalue weighted by molar-refractivity contribution is 5.97. The van der Waals surface area contributed by atoms with Crippen molar-refractivity contribution in [2.45, 2.75) is 63.5 Å². The molecule has 0 saturated heterocycles. The molecule has 4 aromatic rings. The zero-order valence-electron chi connectivity index (χ0n) is 25.2. The first-order valence-electron chi connectivity index (χ1n) is 14.6. The number of carboxylic acid groups (broad SMARTS) is 1. The maximum Gasteiger partial charge on any atom is 0.417 e. The number of aliphatic carboxylic acids is 1. The molecule has 9 nitrogen and oxygen atoms in total. The minimum Gasteiger partial charge on any atom is -0.480 e. The van der Waals surface area contributed by atoms with E-state index < -0.39 is 88.7 Å². The standard InChI is InChI=1S/C31H27F8N5O4/c1-3-22(30(34,35)36)41-14-11-18(32)24(19(33)12-14)27(45)42-20(29(47)48)13-15-7-8-17(26-40-9-10-44(15)26)23-25(31(37,38)39)16-5-4-6-21(16)43(2)28(23)46/h7-12,20,22,41H,3-6,13H2,1-2H3,(H,42,45)(H,47,48). The zero-order valence-corrected chi connectivity index (χ0v) is 25.2. The van der Waals surface area contributed by atoms with Gasteiger partial charge < -0.3 is 24.7 Å². The summed E-state index contributed by atoms with van der Waals surface area (Å²) in [5, 5.41) is 13.8. The van der Waals surface area contributed by atoms with E-state index in [1.54, 1.807) is 0 Å². The Morgan fingerprint density at radius 2 is 1.73 bits per heavy atom. The number of aromatic nitrogens is 3. The van der Waals surface area contributed by atoms with E-state index in [0.29, 0.717) is 25.0 Å². The van der Waals surface area contributed by atoms with E-state index in [-0.39, 0.29) is 34.6 Å². The summed E-state index contributed by atoms with van der Waals surface area (Å²) in [5.41, 5.74) is -4.34. The van der Waals surface area contributed by atoms with Gasteiger partial charge in [-0.2, -0.15) is 26.3 Å². The Morgan fingerprint density at radius 3 is 2.31 bits per heavy atom. The van der Waals surface area contributed by atoms with Crippen LogP contribution in [0.5, 0.6) is 0 Å². The predicted octanol–water partition coefficient (Wildman–Crippen LogP) is 5.66. The second-order valence-corrected chi connectivity index (χ2v) is 11.3. The Kier molecular flexibility index (Phi) is 9.01. The van der Waals surface area contributed by atoms with Gasteiger partial charge in [0.25, 0.3) is 11.5 Å². The van der Waals surface area contributed by atoms with Crippen LogP contribution in [0.25, 0.3) is 16.8 Å². The largest absolute Gasteiger partial charge is 0.480 e. The van der Waals surface area contributed by atoms with Gasteiger partial charge in [-0.1, -0.05) is 6.92 Å². The number of benzene rings is 1. The highest BCUT2D eigenvalue weighted by Gasteiger charge is 2.42. The monoisotopic (exact) mass is 685 g/mol. The number of amides is 1. The molecule has 0 bridgehead atoms. The summed E-state index contributed by atoms with van der Waals surface area (Å²) < 4.78 is 115. The third-order valence-electron chi connectivity index (χ3n) is 8.28. The summed E-state index contributed by atoms with van der Waals surface area (Å²) in [4.78, 5) is 42.5. The number of fused-ring (bicyclic) bond motifs is 2. The summed E-state index contributed by atoms with van der Waals surface area (Å²) in [6.07, 6.45) is -7.28. The molecule has 0 aliphatic heterocycles. The summed E-state index contributed by atoms with van der Waals surface area (Å²) >= 11 is 0. The normalized spacial score (nSPS) is 14.5. The van der Waals surface area contributed by atoms with E-state index in [4.69, 9.17) is 0 Å². The van der Waals surface area contributed by atoms with Gasteiger partial charge in [0.05, 0.1) is 11.1 Å². The van der Waals surface area contributed by atoms with Gasteiger partial charge in [-0.15, -0.1) is 0 Å². The highest BCUT2D eigenvalue weighted by atomic mass is 19.4. The number of carbonyl (C=O) groups excluding carboxylic acids is 1. The number of alkyl halides is 6. The molecule has 0 saturated carbocycles. The van der Waals surface area contributed by atoms with Gasteiger partial charge in [-0.05, 0) is 55.5 Å². The number of hydrogen-bond donors (Lipinski definition) is 3. The molecule has 2 unspecified atom stereocenters. The smallest absolute Gasteiger partial charge is 0.417 e. The number of carbonyl (C=O) groups is 2. The molecular weight excluding hydrogens is 658 g/mol. The Labute approximate surface area is 266 Å². The van der Waals surface area contributed by atoms with Crippen molar-refractivity contribution in [2.24, 2.45) is 7.05 Å². The number of nitrogens with zero attached hydrogens (tertiary/aromatic N) is 3. The van der Waals surface area contributed by atoms with E-state index in [1.807, 2.05) is 10.6 Å². The fraction of sp³-hybridized carbons (Fsp3) is 0.355. The number of halogens is 8. The van der Waals surface area contributed by atoms with Crippen molar-refractivity contribution in [2.75, 3.05) is 5.32 Å². The molecule has 256 valence electrons. The lowest BCUT2D eigenvalue weighted by Crippen LogP contribution is -2.43. The Hall–Kier alpha value is -4.96. The predicted molar refractivity (Wildman–Crippen MR) is 156 cm³/mol. The Morgan fingerprint density at radius 1 is 1.06 bits per heavy atom. The molecule has 17 heteroatoms. The summed E-state index contributed by atoms with van der Waals surface area (Å²) in [5.74, 6) is -6.30. The van der Waals surface area contributed by atoms with Gasteiger partial charge >= 0.3 is 18.3 Å². The first kappa shape index (κ1) is 34.4. The molecule has 5 rings (SSSR count). The van der Waals surface area contributed by atoms with Gasteiger partial charge in [0, 0.05) is 48.5 Å². The number of pyridine rings is 2. The quantitative estimate of drug-likeness (QED) is 0.196. The lowest BCUT2D eigenvalue weighted by Gasteiger charge is -2.22. The molecule has 3 heterocycles. The molecule has 1 aromatic carbocycles. The van der Waals surface area contributed by atoms with Gasteiger partial charge in [0.2, 0.25) is 0 Å². The summed E-state index contributed by atoms with van der Waals surface area (Å²) in [6, 6.07) is -0.626. The topological polar surface area (TPSA) is 118 Å². The van der Waals surface area contributed by atoms with Crippen molar-refractivity contribution in [1.82, 2.24) is 19.3 Å². The van der Waals surface area contributed by atoms with Crippen molar-refractivity contribution in [1.29, 1.82) is 0 Å². The first-order chi connectivity index (χ1) is 22.4. The van der Waals surface area contributed by atoms with E-state index in [0.717, 1.165) is 0 Å². The van der Waals surface area contributed by atoms with Crippen molar-refractivity contribution in [3.05, 3.63) is 86.7 Å². The molecule has 3 N–H and O–H groups in total. The third-order valence-corrected chi connectivity index (χ3v) is 8.28. The van der Waals surface area contributed by atoms with E-state index in [1.165, 1.54) is 47.5 Å². The molecule has 1 amide bonds. The molecule has 3 aromatic heterocycles. The lowest BCUT2D eigenvalue weighted by atomic mass is 9.95. The highest BCUT2D eigenvalue weighted by Crippen LogP contribution is 2.42. The van der Waals surface area contributed by atoms with Gasteiger partial charge in [-0.25, -0.2) is 18.6 Å². The van der Waals surface area contributed by atoms with E-state index in [9.17, 15) is 54.6 Å². The number of nitrogens with one attached hydrogen (secondary N) is 2. The first-order valence-corrected chi connectivity index (χ1v) is 14.6. The van der Waals surface area contributed by atoms with Crippen molar-refractivity contribution >= 4 is 23.2 Å². The molecular formula is C31H27F8N5O4. The van der Waals surface area contributed by atoms with Crippen LogP contribution < -0.4 is 16.2 Å². The minimum absolute atomic E-state index is 0.0100. The van der Waals surface area contributed by atoms with Gasteiger partial charge in [-0.3, -0.25) is 9.59 Å².